The highest BCUT2D eigenvalue weighted by Gasteiger charge is 2.08. The molecule has 2 rings (SSSR count). The smallest absolute Gasteiger partial charge is 0.228 e. The van der Waals surface area contributed by atoms with Crippen LogP contribution in [0.5, 0.6) is 0 Å². The molecule has 1 N–H and O–H groups in total. The Balaban J connectivity index is 2.01. The molecule has 126 valence electrons. The van der Waals surface area contributed by atoms with Crippen LogP contribution < -0.4 is 5.32 Å². The SMILES string of the molecule is CC(=O)N(C)Cc1cccc(NC(=O)Cc2ccc(Cl)c(Cl)c2)c1. The summed E-state index contributed by atoms with van der Waals surface area (Å²) in [5, 5.41) is 3.74. The number of rotatable bonds is 5. The molecule has 0 radical (unpaired) electrons. The van der Waals surface area contributed by atoms with Gasteiger partial charge >= 0.3 is 0 Å². The third kappa shape index (κ3) is 5.25. The number of nitrogens with zero attached hydrogens (tertiary/aromatic N) is 1. The number of nitrogens with one attached hydrogen (secondary N) is 1. The topological polar surface area (TPSA) is 49.4 Å². The molecule has 24 heavy (non-hydrogen) atoms. The molecule has 0 saturated heterocycles. The minimum atomic E-state index is -0.148. The zero-order chi connectivity index (χ0) is 17.7. The normalized spacial score (nSPS) is 10.3. The summed E-state index contributed by atoms with van der Waals surface area (Å²) in [6.45, 7) is 2.01. The number of carbonyl (C=O) groups is 2. The summed E-state index contributed by atoms with van der Waals surface area (Å²) in [6, 6.07) is 12.5. The third-order valence-corrected chi connectivity index (χ3v) is 4.26. The highest BCUT2D eigenvalue weighted by atomic mass is 35.5. The molecule has 2 amide bonds. The van der Waals surface area contributed by atoms with Crippen molar-refractivity contribution in [2.24, 2.45) is 0 Å². The van der Waals surface area contributed by atoms with Gasteiger partial charge in [-0.3, -0.25) is 9.59 Å². The number of hydrogen-bond donors (Lipinski definition) is 1. The molecule has 0 bridgehead atoms. The van der Waals surface area contributed by atoms with Crippen LogP contribution in [-0.2, 0) is 22.6 Å². The monoisotopic (exact) mass is 364 g/mol. The fourth-order valence-electron chi connectivity index (χ4n) is 2.17. The van der Waals surface area contributed by atoms with Gasteiger partial charge in [-0.25, -0.2) is 0 Å². The van der Waals surface area contributed by atoms with Crippen molar-refractivity contribution in [2.45, 2.75) is 19.9 Å². The zero-order valence-corrected chi connectivity index (χ0v) is 15.0. The molecular weight excluding hydrogens is 347 g/mol. The summed E-state index contributed by atoms with van der Waals surface area (Å²) in [5.74, 6) is -0.158. The van der Waals surface area contributed by atoms with E-state index in [4.69, 9.17) is 23.2 Å². The molecule has 0 fully saturated rings. The van der Waals surface area contributed by atoms with Gasteiger partial charge in [-0.1, -0.05) is 41.4 Å². The van der Waals surface area contributed by atoms with Crippen molar-refractivity contribution in [2.75, 3.05) is 12.4 Å². The maximum atomic E-state index is 12.2. The van der Waals surface area contributed by atoms with Crippen LogP contribution in [-0.4, -0.2) is 23.8 Å². The molecule has 0 spiro atoms. The number of anilines is 1. The summed E-state index contributed by atoms with van der Waals surface area (Å²) in [5.41, 5.74) is 2.42. The summed E-state index contributed by atoms with van der Waals surface area (Å²) in [6.07, 6.45) is 0.203. The van der Waals surface area contributed by atoms with Crippen molar-refractivity contribution < 1.29 is 9.59 Å². The standard InChI is InChI=1S/C18H18Cl2N2O2/c1-12(23)22(2)11-14-4-3-5-15(8-14)21-18(24)10-13-6-7-16(19)17(20)9-13/h3-9H,10-11H2,1-2H3,(H,21,24). The van der Waals surface area contributed by atoms with E-state index in [9.17, 15) is 9.59 Å². The first kappa shape index (κ1) is 18.3. The van der Waals surface area contributed by atoms with E-state index in [1.54, 1.807) is 30.1 Å². The van der Waals surface area contributed by atoms with Gasteiger partial charge in [0.1, 0.15) is 0 Å². The van der Waals surface area contributed by atoms with E-state index in [1.165, 1.54) is 6.92 Å². The van der Waals surface area contributed by atoms with Crippen LogP contribution in [0.4, 0.5) is 5.69 Å². The molecule has 0 unspecified atom stereocenters. The molecule has 6 heteroatoms. The van der Waals surface area contributed by atoms with E-state index in [1.807, 2.05) is 24.3 Å². The Morgan fingerprint density at radius 3 is 2.46 bits per heavy atom. The lowest BCUT2D eigenvalue weighted by atomic mass is 10.1. The summed E-state index contributed by atoms with van der Waals surface area (Å²) in [7, 11) is 1.73. The number of amides is 2. The lowest BCUT2D eigenvalue weighted by molar-refractivity contribution is -0.128. The van der Waals surface area contributed by atoms with E-state index in [2.05, 4.69) is 5.32 Å². The fourth-order valence-corrected chi connectivity index (χ4v) is 2.49. The molecule has 0 aliphatic carbocycles. The van der Waals surface area contributed by atoms with Crippen LogP contribution in [0.1, 0.15) is 18.1 Å². The maximum absolute atomic E-state index is 12.2. The van der Waals surface area contributed by atoms with Gasteiger partial charge in [-0.05, 0) is 35.4 Å². The van der Waals surface area contributed by atoms with Gasteiger partial charge < -0.3 is 10.2 Å². The van der Waals surface area contributed by atoms with Crippen LogP contribution >= 0.6 is 23.2 Å². The van der Waals surface area contributed by atoms with Crippen LogP contribution in [0.15, 0.2) is 42.5 Å². The number of benzene rings is 2. The Kier molecular flexibility index (Phi) is 6.23. The van der Waals surface area contributed by atoms with Crippen LogP contribution in [0, 0.1) is 0 Å². The molecule has 0 aliphatic rings. The van der Waals surface area contributed by atoms with Crippen molar-refractivity contribution in [3.63, 3.8) is 0 Å². The second kappa shape index (κ2) is 8.18. The van der Waals surface area contributed by atoms with Gasteiger partial charge in [0.05, 0.1) is 16.5 Å². The van der Waals surface area contributed by atoms with Gasteiger partial charge in [0.2, 0.25) is 11.8 Å². The van der Waals surface area contributed by atoms with Crippen molar-refractivity contribution in [1.82, 2.24) is 4.90 Å². The van der Waals surface area contributed by atoms with E-state index in [0.717, 1.165) is 11.1 Å². The molecule has 0 aliphatic heterocycles. The van der Waals surface area contributed by atoms with Crippen molar-refractivity contribution in [3.05, 3.63) is 63.6 Å². The lowest BCUT2D eigenvalue weighted by Crippen LogP contribution is -2.23. The maximum Gasteiger partial charge on any atom is 0.228 e. The Morgan fingerprint density at radius 1 is 1.04 bits per heavy atom. The predicted octanol–water partition coefficient (Wildman–Crippen LogP) is 4.15. The van der Waals surface area contributed by atoms with Crippen LogP contribution in [0.25, 0.3) is 0 Å². The Hall–Kier alpha value is -2.04. The molecule has 2 aromatic carbocycles. The van der Waals surface area contributed by atoms with Crippen molar-refractivity contribution >= 4 is 40.7 Å². The first-order chi connectivity index (χ1) is 11.3. The molecule has 0 aromatic heterocycles. The average molecular weight is 365 g/mol. The largest absolute Gasteiger partial charge is 0.342 e. The molecule has 0 atom stereocenters. The minimum Gasteiger partial charge on any atom is -0.342 e. The van der Waals surface area contributed by atoms with Gasteiger partial charge in [0.15, 0.2) is 0 Å². The summed E-state index contributed by atoms with van der Waals surface area (Å²) >= 11 is 11.8. The highest BCUT2D eigenvalue weighted by molar-refractivity contribution is 6.42. The Labute approximate surface area is 151 Å². The number of hydrogen-bond acceptors (Lipinski definition) is 2. The highest BCUT2D eigenvalue weighted by Crippen LogP contribution is 2.23. The number of halogens is 2. The molecular formula is C18H18Cl2N2O2. The van der Waals surface area contributed by atoms with Gasteiger partial charge in [-0.2, -0.15) is 0 Å². The van der Waals surface area contributed by atoms with Crippen LogP contribution in [0.2, 0.25) is 10.0 Å². The second-order valence-corrected chi connectivity index (χ2v) is 6.36. The van der Waals surface area contributed by atoms with Gasteiger partial charge in [0.25, 0.3) is 0 Å². The number of carbonyl (C=O) groups excluding carboxylic acids is 2. The van der Waals surface area contributed by atoms with Crippen LogP contribution in [0.3, 0.4) is 0 Å². The molecule has 2 aromatic rings. The Bertz CT molecular complexity index is 762. The average Bonchev–Trinajstić information content (AvgIpc) is 2.51. The first-order valence-electron chi connectivity index (χ1n) is 7.39. The predicted molar refractivity (Wildman–Crippen MR) is 97.4 cm³/mol. The summed E-state index contributed by atoms with van der Waals surface area (Å²) < 4.78 is 0. The van der Waals surface area contributed by atoms with E-state index in [-0.39, 0.29) is 18.2 Å². The van der Waals surface area contributed by atoms with Crippen molar-refractivity contribution in [3.8, 4) is 0 Å². The molecule has 0 saturated carbocycles. The molecule has 0 heterocycles. The zero-order valence-electron chi connectivity index (χ0n) is 13.5. The first-order valence-corrected chi connectivity index (χ1v) is 8.15. The Morgan fingerprint density at radius 2 is 1.79 bits per heavy atom. The second-order valence-electron chi connectivity index (χ2n) is 5.55. The van der Waals surface area contributed by atoms with E-state index in [0.29, 0.717) is 22.3 Å². The quantitative estimate of drug-likeness (QED) is 0.865. The van der Waals surface area contributed by atoms with Gasteiger partial charge in [0, 0.05) is 26.2 Å². The van der Waals surface area contributed by atoms with E-state index < -0.39 is 0 Å². The van der Waals surface area contributed by atoms with Crippen molar-refractivity contribution in [1.29, 1.82) is 0 Å². The lowest BCUT2D eigenvalue weighted by Gasteiger charge is -2.15. The fraction of sp³-hybridized carbons (Fsp3) is 0.222. The minimum absolute atomic E-state index is 0.0101. The molecule has 4 nitrogen and oxygen atoms in total. The van der Waals surface area contributed by atoms with E-state index >= 15 is 0 Å². The summed E-state index contributed by atoms with van der Waals surface area (Å²) in [4.78, 5) is 25.1. The third-order valence-electron chi connectivity index (χ3n) is 3.52. The van der Waals surface area contributed by atoms with Gasteiger partial charge in [-0.15, -0.1) is 0 Å².